The fourth-order valence-electron chi connectivity index (χ4n) is 1.70. The van der Waals surface area contributed by atoms with Crippen molar-refractivity contribution in [3.63, 3.8) is 0 Å². The second kappa shape index (κ2) is 4.67. The first-order valence-electron chi connectivity index (χ1n) is 5.00. The summed E-state index contributed by atoms with van der Waals surface area (Å²) >= 11 is 0. The second-order valence-corrected chi connectivity index (χ2v) is 5.75. The Morgan fingerprint density at radius 1 is 1.06 bits per heavy atom. The molecule has 1 aromatic rings. The minimum atomic E-state index is -4.25. The van der Waals surface area contributed by atoms with Crippen LogP contribution < -0.4 is 0 Å². The van der Waals surface area contributed by atoms with E-state index in [9.17, 15) is 13.2 Å². The molecular weight excluding hydrogens is 237 g/mol. The van der Waals surface area contributed by atoms with Gasteiger partial charge in [-0.25, -0.2) is 0 Å². The molecule has 1 heterocycles. The molecular formula is C11H12F3OS+. The molecule has 88 valence electrons. The summed E-state index contributed by atoms with van der Waals surface area (Å²) in [7, 11) is -0.311. The lowest BCUT2D eigenvalue weighted by Gasteiger charge is -2.17. The van der Waals surface area contributed by atoms with Crippen LogP contribution in [0.3, 0.4) is 0 Å². The topological polar surface area (TPSA) is 9.23 Å². The number of rotatable bonds is 1. The van der Waals surface area contributed by atoms with E-state index in [4.69, 9.17) is 4.74 Å². The molecule has 1 nitrogen and oxygen atoms in total. The van der Waals surface area contributed by atoms with Crippen LogP contribution in [-0.2, 0) is 21.8 Å². The highest BCUT2D eigenvalue weighted by Crippen LogP contribution is 2.35. The van der Waals surface area contributed by atoms with Gasteiger partial charge in [-0.3, -0.25) is 0 Å². The molecule has 16 heavy (non-hydrogen) atoms. The van der Waals surface area contributed by atoms with Crippen LogP contribution in [0.25, 0.3) is 0 Å². The monoisotopic (exact) mass is 249 g/mol. The Kier molecular flexibility index (Phi) is 3.44. The van der Waals surface area contributed by atoms with Crippen LogP contribution in [0.1, 0.15) is 5.56 Å². The Morgan fingerprint density at radius 3 is 2.31 bits per heavy atom. The first kappa shape index (κ1) is 11.8. The fraction of sp³-hybridized carbons (Fsp3) is 0.455. The smallest absolute Gasteiger partial charge is 0.372 e. The highest BCUT2D eigenvalue weighted by atomic mass is 32.2. The molecule has 1 aliphatic heterocycles. The third-order valence-electron chi connectivity index (χ3n) is 2.45. The van der Waals surface area contributed by atoms with Gasteiger partial charge in [-0.1, -0.05) is 12.1 Å². The van der Waals surface area contributed by atoms with Crippen LogP contribution in [0, 0.1) is 0 Å². The van der Waals surface area contributed by atoms with Crippen molar-refractivity contribution in [3.05, 3.63) is 29.8 Å². The predicted molar refractivity (Wildman–Crippen MR) is 57.6 cm³/mol. The van der Waals surface area contributed by atoms with E-state index in [1.807, 2.05) is 0 Å². The molecule has 0 radical (unpaired) electrons. The average molecular weight is 249 g/mol. The molecule has 1 fully saturated rings. The molecule has 0 aliphatic carbocycles. The number of hydrogen-bond donors (Lipinski definition) is 0. The van der Waals surface area contributed by atoms with Gasteiger partial charge in [-0.15, -0.1) is 0 Å². The van der Waals surface area contributed by atoms with Crippen molar-refractivity contribution >= 4 is 10.9 Å². The Balaban J connectivity index is 2.32. The highest BCUT2D eigenvalue weighted by Gasteiger charge is 2.39. The molecule has 0 aromatic heterocycles. The average Bonchev–Trinajstić information content (AvgIpc) is 2.29. The van der Waals surface area contributed by atoms with E-state index in [1.54, 1.807) is 12.1 Å². The van der Waals surface area contributed by atoms with Crippen molar-refractivity contribution in [3.8, 4) is 0 Å². The summed E-state index contributed by atoms with van der Waals surface area (Å²) in [6.45, 7) is 1.13. The summed E-state index contributed by atoms with van der Waals surface area (Å²) < 4.78 is 43.5. The minimum absolute atomic E-state index is 0.311. The second-order valence-electron chi connectivity index (χ2n) is 3.51. The van der Waals surface area contributed by atoms with Gasteiger partial charge < -0.3 is 4.74 Å². The molecule has 5 heteroatoms. The Labute approximate surface area is 95.0 Å². The summed E-state index contributed by atoms with van der Waals surface area (Å²) in [5, 5.41) is 0. The van der Waals surface area contributed by atoms with Crippen LogP contribution >= 0.6 is 0 Å². The zero-order valence-corrected chi connectivity index (χ0v) is 9.40. The maximum atomic E-state index is 12.8. The van der Waals surface area contributed by atoms with Crippen LogP contribution in [0.15, 0.2) is 29.2 Å². The first-order valence-corrected chi connectivity index (χ1v) is 6.57. The van der Waals surface area contributed by atoms with E-state index in [0.717, 1.165) is 6.07 Å². The van der Waals surface area contributed by atoms with Gasteiger partial charge in [0.15, 0.2) is 4.90 Å². The van der Waals surface area contributed by atoms with Crippen molar-refractivity contribution in [2.45, 2.75) is 11.1 Å². The molecule has 1 aliphatic rings. The highest BCUT2D eigenvalue weighted by molar-refractivity contribution is 7.97. The van der Waals surface area contributed by atoms with Crippen LogP contribution in [0.5, 0.6) is 0 Å². The van der Waals surface area contributed by atoms with Crippen molar-refractivity contribution in [1.82, 2.24) is 0 Å². The van der Waals surface area contributed by atoms with E-state index in [1.165, 1.54) is 6.07 Å². The summed E-state index contributed by atoms with van der Waals surface area (Å²) in [5.74, 6) is 1.40. The quantitative estimate of drug-likeness (QED) is 0.695. The molecule has 0 N–H and O–H groups in total. The van der Waals surface area contributed by atoms with Gasteiger partial charge in [0.05, 0.1) is 13.2 Å². The number of ether oxygens (including phenoxy) is 1. The lowest BCUT2D eigenvalue weighted by atomic mass is 10.2. The maximum absolute atomic E-state index is 12.8. The van der Waals surface area contributed by atoms with Gasteiger partial charge in [0, 0.05) is 10.9 Å². The molecule has 0 spiro atoms. The van der Waals surface area contributed by atoms with Crippen molar-refractivity contribution in [1.29, 1.82) is 0 Å². The number of benzene rings is 1. The minimum Gasteiger partial charge on any atom is -0.372 e. The molecule has 0 amide bonds. The van der Waals surface area contributed by atoms with E-state index < -0.39 is 11.7 Å². The van der Waals surface area contributed by atoms with Crippen molar-refractivity contribution < 1.29 is 17.9 Å². The summed E-state index contributed by atoms with van der Waals surface area (Å²) in [4.78, 5) is 0.443. The maximum Gasteiger partial charge on any atom is 0.421 e. The molecule has 0 atom stereocenters. The molecule has 1 aromatic carbocycles. The fourth-order valence-corrected chi connectivity index (χ4v) is 3.74. The van der Waals surface area contributed by atoms with E-state index in [2.05, 4.69) is 0 Å². The molecule has 2 rings (SSSR count). The van der Waals surface area contributed by atoms with Gasteiger partial charge in [0.1, 0.15) is 17.1 Å². The SMILES string of the molecule is FC(F)(F)c1ccccc1[S+]1CCOCC1. The van der Waals surface area contributed by atoms with Gasteiger partial charge in [-0.05, 0) is 12.1 Å². The Morgan fingerprint density at radius 2 is 1.69 bits per heavy atom. The lowest BCUT2D eigenvalue weighted by Crippen LogP contribution is -2.28. The molecule has 0 saturated carbocycles. The first-order chi connectivity index (χ1) is 7.59. The summed E-state index contributed by atoms with van der Waals surface area (Å²) in [6.07, 6.45) is -4.25. The molecule has 0 unspecified atom stereocenters. The van der Waals surface area contributed by atoms with Crippen LogP contribution in [0.4, 0.5) is 13.2 Å². The zero-order chi connectivity index (χ0) is 11.6. The van der Waals surface area contributed by atoms with Gasteiger partial charge in [-0.2, -0.15) is 13.2 Å². The molecule has 1 saturated heterocycles. The number of halogens is 3. The van der Waals surface area contributed by atoms with Crippen LogP contribution in [-0.4, -0.2) is 24.7 Å². The third-order valence-corrected chi connectivity index (χ3v) is 4.75. The molecule has 0 bridgehead atoms. The van der Waals surface area contributed by atoms with E-state index in [0.29, 0.717) is 29.6 Å². The zero-order valence-electron chi connectivity index (χ0n) is 8.59. The Hall–Kier alpha value is -0.680. The summed E-state index contributed by atoms with van der Waals surface area (Å²) in [6, 6.07) is 5.87. The van der Waals surface area contributed by atoms with Gasteiger partial charge in [0.2, 0.25) is 0 Å². The van der Waals surface area contributed by atoms with Gasteiger partial charge in [0.25, 0.3) is 0 Å². The summed E-state index contributed by atoms with van der Waals surface area (Å²) in [5.41, 5.74) is -0.486. The normalized spacial score (nSPS) is 18.7. The Bertz CT molecular complexity index is 358. The predicted octanol–water partition coefficient (Wildman–Crippen LogP) is 2.71. The van der Waals surface area contributed by atoms with Crippen LogP contribution in [0.2, 0.25) is 0 Å². The van der Waals surface area contributed by atoms with E-state index >= 15 is 0 Å². The third kappa shape index (κ3) is 2.52. The number of alkyl halides is 3. The van der Waals surface area contributed by atoms with E-state index in [-0.39, 0.29) is 10.9 Å². The van der Waals surface area contributed by atoms with Gasteiger partial charge >= 0.3 is 6.18 Å². The largest absolute Gasteiger partial charge is 0.421 e. The standard InChI is InChI=1S/C11H12F3OS/c12-11(13,14)9-3-1-2-4-10(9)16-7-5-15-6-8-16/h1-4H,5-8H2/q+1. The van der Waals surface area contributed by atoms with Crippen molar-refractivity contribution in [2.75, 3.05) is 24.7 Å². The van der Waals surface area contributed by atoms with Crippen molar-refractivity contribution in [2.24, 2.45) is 0 Å². The lowest BCUT2D eigenvalue weighted by molar-refractivity contribution is -0.139. The number of hydrogen-bond acceptors (Lipinski definition) is 1.